The van der Waals surface area contributed by atoms with Gasteiger partial charge in [-0.1, -0.05) is 59.9 Å². The minimum Gasteiger partial charge on any atom is -0.248 e. The first kappa shape index (κ1) is 18.1. The summed E-state index contributed by atoms with van der Waals surface area (Å²) >= 11 is 3.22. The Morgan fingerprint density at radius 3 is 2.03 bits per heavy atom. The molecule has 0 bridgehead atoms. The van der Waals surface area contributed by atoms with Crippen LogP contribution in [0.5, 0.6) is 0 Å². The van der Waals surface area contributed by atoms with Crippen LogP contribution in [0.2, 0.25) is 0 Å². The van der Waals surface area contributed by atoms with Crippen molar-refractivity contribution >= 4 is 45.3 Å². The summed E-state index contributed by atoms with van der Waals surface area (Å²) in [6, 6.07) is 20.5. The fourth-order valence-electron chi connectivity index (χ4n) is 3.19. The van der Waals surface area contributed by atoms with Crippen LogP contribution >= 0.6 is 23.5 Å². The number of hydrogen-bond acceptors (Lipinski definition) is 6. The number of rotatable bonds is 5. The van der Waals surface area contributed by atoms with E-state index in [0.29, 0.717) is 0 Å². The Bertz CT molecular complexity index is 1290. The van der Waals surface area contributed by atoms with Crippen LogP contribution in [0.25, 0.3) is 21.8 Å². The highest BCUT2D eigenvalue weighted by Gasteiger charge is 2.17. The molecule has 0 unspecified atom stereocenters. The number of aromatic nitrogens is 5. The predicted molar refractivity (Wildman–Crippen MR) is 117 cm³/mol. The van der Waals surface area contributed by atoms with Crippen LogP contribution < -0.4 is 0 Å². The molecule has 5 aromatic rings. The minimum absolute atomic E-state index is 0.771. The number of benzene rings is 2. The lowest BCUT2D eigenvalue weighted by Crippen LogP contribution is -1.98. The van der Waals surface area contributed by atoms with Crippen LogP contribution in [0.4, 0.5) is 0 Å². The zero-order valence-corrected chi connectivity index (χ0v) is 17.3. The van der Waals surface area contributed by atoms with Gasteiger partial charge in [-0.2, -0.15) is 5.10 Å². The summed E-state index contributed by atoms with van der Waals surface area (Å²) in [7, 11) is 0. The molecule has 0 aliphatic heterocycles. The fourth-order valence-corrected chi connectivity index (χ4v) is 4.98. The molecule has 0 fully saturated rings. The molecule has 0 amide bonds. The Kier molecular flexibility index (Phi) is 4.91. The van der Waals surface area contributed by atoms with Gasteiger partial charge in [0.2, 0.25) is 0 Å². The highest BCUT2D eigenvalue weighted by Crippen LogP contribution is 2.39. The Morgan fingerprint density at radius 2 is 1.38 bits per heavy atom. The van der Waals surface area contributed by atoms with E-state index in [0.717, 1.165) is 48.2 Å². The van der Waals surface area contributed by atoms with Gasteiger partial charge >= 0.3 is 0 Å². The molecule has 2 aromatic carbocycles. The van der Waals surface area contributed by atoms with Gasteiger partial charge in [0, 0.05) is 38.7 Å². The molecule has 0 radical (unpaired) electrons. The smallest absolute Gasteiger partial charge is 0.158 e. The lowest BCUT2D eigenvalue weighted by molar-refractivity contribution is 0.677. The highest BCUT2D eigenvalue weighted by atomic mass is 32.2. The normalized spacial score (nSPS) is 11.3. The van der Waals surface area contributed by atoms with E-state index in [4.69, 9.17) is 4.98 Å². The van der Waals surface area contributed by atoms with Crippen molar-refractivity contribution in [1.82, 2.24) is 25.0 Å². The zero-order chi connectivity index (χ0) is 19.6. The maximum Gasteiger partial charge on any atom is 0.158 e. The summed E-state index contributed by atoms with van der Waals surface area (Å²) < 4.78 is 1.91. The molecule has 0 aliphatic rings. The SMILES string of the molecule is CCn1ncc2c3c(Sc4ccccc4)nnc(Sc4ccccc4)c3cnc21. The lowest BCUT2D eigenvalue weighted by Gasteiger charge is -2.10. The van der Waals surface area contributed by atoms with Gasteiger partial charge in [-0.3, -0.25) is 0 Å². The topological polar surface area (TPSA) is 56.5 Å². The van der Waals surface area contributed by atoms with Crippen molar-refractivity contribution in [3.63, 3.8) is 0 Å². The van der Waals surface area contributed by atoms with E-state index in [1.807, 2.05) is 53.5 Å². The summed E-state index contributed by atoms with van der Waals surface area (Å²) in [5.41, 5.74) is 0.874. The molecule has 0 aliphatic carbocycles. The van der Waals surface area contributed by atoms with Gasteiger partial charge in [0.1, 0.15) is 10.1 Å². The van der Waals surface area contributed by atoms with Crippen LogP contribution in [0.3, 0.4) is 0 Å². The summed E-state index contributed by atoms with van der Waals surface area (Å²) in [4.78, 5) is 6.95. The molecule has 142 valence electrons. The van der Waals surface area contributed by atoms with E-state index in [1.54, 1.807) is 23.5 Å². The van der Waals surface area contributed by atoms with E-state index >= 15 is 0 Å². The Balaban J connectivity index is 1.72. The van der Waals surface area contributed by atoms with Crippen LogP contribution in [0.1, 0.15) is 6.92 Å². The average Bonchev–Trinajstić information content (AvgIpc) is 3.20. The largest absolute Gasteiger partial charge is 0.248 e. The zero-order valence-electron chi connectivity index (χ0n) is 15.7. The minimum atomic E-state index is 0.771. The molecule has 0 saturated carbocycles. The standard InChI is InChI=1S/C22H17N5S2/c1-2-27-20-17(14-24-27)19-18(13-23-20)21(28-15-9-5-3-6-10-15)25-26-22(19)29-16-11-7-4-8-12-16/h3-14H,2H2,1H3. The third-order valence-electron chi connectivity index (χ3n) is 4.56. The Morgan fingerprint density at radius 1 is 0.759 bits per heavy atom. The second-order valence-electron chi connectivity index (χ2n) is 6.39. The summed E-state index contributed by atoms with van der Waals surface area (Å²) in [5.74, 6) is 0. The molecule has 0 spiro atoms. The van der Waals surface area contributed by atoms with Crippen LogP contribution in [-0.4, -0.2) is 25.0 Å². The van der Waals surface area contributed by atoms with Crippen molar-refractivity contribution in [2.75, 3.05) is 0 Å². The van der Waals surface area contributed by atoms with Gasteiger partial charge in [-0.05, 0) is 31.2 Å². The summed E-state index contributed by atoms with van der Waals surface area (Å²) in [5, 5.41) is 18.5. The fraction of sp³-hybridized carbons (Fsp3) is 0.0909. The van der Waals surface area contributed by atoms with E-state index in [2.05, 4.69) is 46.5 Å². The maximum atomic E-state index is 4.70. The van der Waals surface area contributed by atoms with Crippen LogP contribution in [0, 0.1) is 0 Å². The molecular formula is C22H17N5S2. The van der Waals surface area contributed by atoms with Crippen molar-refractivity contribution < 1.29 is 0 Å². The van der Waals surface area contributed by atoms with Crippen molar-refractivity contribution in [1.29, 1.82) is 0 Å². The van der Waals surface area contributed by atoms with Gasteiger partial charge in [0.05, 0.1) is 6.20 Å². The first-order valence-corrected chi connectivity index (χ1v) is 10.9. The second-order valence-corrected chi connectivity index (χ2v) is 8.51. The van der Waals surface area contributed by atoms with Crippen molar-refractivity contribution in [2.24, 2.45) is 0 Å². The van der Waals surface area contributed by atoms with Crippen LogP contribution in [-0.2, 0) is 6.54 Å². The molecule has 3 heterocycles. The number of pyridine rings is 1. The average molecular weight is 416 g/mol. The molecule has 0 atom stereocenters. The number of fused-ring (bicyclic) bond motifs is 3. The first-order chi connectivity index (χ1) is 14.3. The number of aryl methyl sites for hydroxylation is 1. The Labute approximate surface area is 176 Å². The van der Waals surface area contributed by atoms with Crippen molar-refractivity contribution in [2.45, 2.75) is 33.3 Å². The molecule has 0 saturated heterocycles. The summed E-state index contributed by atoms with van der Waals surface area (Å²) in [6.45, 7) is 2.84. The lowest BCUT2D eigenvalue weighted by atomic mass is 10.2. The summed E-state index contributed by atoms with van der Waals surface area (Å²) in [6.07, 6.45) is 3.79. The van der Waals surface area contributed by atoms with Gasteiger partial charge in [0.15, 0.2) is 5.65 Å². The third kappa shape index (κ3) is 3.47. The second kappa shape index (κ2) is 7.85. The third-order valence-corrected chi connectivity index (χ3v) is 6.55. The van der Waals surface area contributed by atoms with Crippen molar-refractivity contribution in [3.8, 4) is 0 Å². The van der Waals surface area contributed by atoms with Gasteiger partial charge in [-0.25, -0.2) is 9.67 Å². The van der Waals surface area contributed by atoms with Gasteiger partial charge in [0.25, 0.3) is 0 Å². The predicted octanol–water partition coefficient (Wildman–Crippen LogP) is 5.70. The van der Waals surface area contributed by atoms with E-state index in [1.165, 1.54) is 0 Å². The van der Waals surface area contributed by atoms with Gasteiger partial charge in [-0.15, -0.1) is 10.2 Å². The van der Waals surface area contributed by atoms with E-state index in [-0.39, 0.29) is 0 Å². The highest BCUT2D eigenvalue weighted by molar-refractivity contribution is 8.00. The molecule has 29 heavy (non-hydrogen) atoms. The number of hydrogen-bond donors (Lipinski definition) is 0. The Hall–Kier alpha value is -2.90. The van der Waals surface area contributed by atoms with Crippen molar-refractivity contribution in [3.05, 3.63) is 73.1 Å². The van der Waals surface area contributed by atoms with E-state index < -0.39 is 0 Å². The maximum absolute atomic E-state index is 4.70. The molecule has 7 heteroatoms. The molecule has 5 rings (SSSR count). The molecule has 3 aromatic heterocycles. The molecule has 0 N–H and O–H groups in total. The van der Waals surface area contributed by atoms with Crippen LogP contribution in [0.15, 0.2) is 92.9 Å². The monoisotopic (exact) mass is 415 g/mol. The number of nitrogens with zero attached hydrogens (tertiary/aromatic N) is 5. The first-order valence-electron chi connectivity index (χ1n) is 9.30. The molecule has 5 nitrogen and oxygen atoms in total. The quantitative estimate of drug-likeness (QED) is 0.367. The van der Waals surface area contributed by atoms with E-state index in [9.17, 15) is 0 Å². The van der Waals surface area contributed by atoms with Gasteiger partial charge < -0.3 is 0 Å². The molecular weight excluding hydrogens is 398 g/mol.